The van der Waals surface area contributed by atoms with Gasteiger partial charge in [0.05, 0.1) is 17.0 Å². The quantitative estimate of drug-likeness (QED) is 0.847. The van der Waals surface area contributed by atoms with Crippen molar-refractivity contribution in [3.8, 4) is 0 Å². The molecule has 1 aromatic heterocycles. The number of rotatable bonds is 5. The van der Waals surface area contributed by atoms with Gasteiger partial charge in [0.25, 0.3) is 0 Å². The molecule has 24 heavy (non-hydrogen) atoms. The van der Waals surface area contributed by atoms with E-state index >= 15 is 0 Å². The molecular formula is C18H21N3O2S. The number of nitrogens with one attached hydrogen (secondary N) is 1. The maximum atomic E-state index is 12.5. The van der Waals surface area contributed by atoms with Gasteiger partial charge in [0, 0.05) is 20.0 Å². The number of benzene rings is 1. The first-order valence-electron chi connectivity index (χ1n) is 8.16. The molecule has 5 nitrogen and oxygen atoms in total. The van der Waals surface area contributed by atoms with Crippen LogP contribution in [-0.4, -0.2) is 34.7 Å². The first-order chi connectivity index (χ1) is 11.6. The number of piperidine rings is 1. The van der Waals surface area contributed by atoms with E-state index in [-0.39, 0.29) is 17.6 Å². The summed E-state index contributed by atoms with van der Waals surface area (Å²) in [5.74, 6) is -0.0657. The van der Waals surface area contributed by atoms with E-state index in [1.54, 1.807) is 0 Å². The van der Waals surface area contributed by atoms with Gasteiger partial charge in [0.15, 0.2) is 10.9 Å². The minimum Gasteiger partial charge on any atom is -0.302 e. The molecule has 0 spiro atoms. The van der Waals surface area contributed by atoms with Crippen molar-refractivity contribution < 1.29 is 9.59 Å². The van der Waals surface area contributed by atoms with E-state index in [1.165, 1.54) is 30.0 Å². The summed E-state index contributed by atoms with van der Waals surface area (Å²) < 4.78 is 0. The van der Waals surface area contributed by atoms with Gasteiger partial charge in [-0.1, -0.05) is 41.7 Å². The average Bonchev–Trinajstić information content (AvgIpc) is 3.05. The normalized spacial score (nSPS) is 18.3. The first-order valence-corrected chi connectivity index (χ1v) is 8.97. The number of nitrogens with zero attached hydrogens (tertiary/aromatic N) is 2. The topological polar surface area (TPSA) is 62.3 Å². The summed E-state index contributed by atoms with van der Waals surface area (Å²) in [6.07, 6.45) is 3.43. The summed E-state index contributed by atoms with van der Waals surface area (Å²) in [6.45, 7) is 4.15. The van der Waals surface area contributed by atoms with Crippen molar-refractivity contribution in [3.05, 3.63) is 47.0 Å². The summed E-state index contributed by atoms with van der Waals surface area (Å²) in [4.78, 5) is 30.8. The SMILES string of the molecule is CC(=O)c1cnc(NC(=O)[C@@H]2CCCN(Cc3ccccc3)C2)s1. The Balaban J connectivity index is 1.57. The minimum atomic E-state index is -0.0351. The molecular weight excluding hydrogens is 322 g/mol. The van der Waals surface area contributed by atoms with Crippen molar-refractivity contribution >= 4 is 28.2 Å². The van der Waals surface area contributed by atoms with E-state index in [0.717, 1.165) is 32.5 Å². The summed E-state index contributed by atoms with van der Waals surface area (Å²) in [5.41, 5.74) is 1.27. The second kappa shape index (κ2) is 7.68. The third kappa shape index (κ3) is 4.27. The molecule has 1 N–H and O–H groups in total. The van der Waals surface area contributed by atoms with E-state index in [1.807, 2.05) is 18.2 Å². The lowest BCUT2D eigenvalue weighted by molar-refractivity contribution is -0.121. The molecule has 2 aromatic rings. The van der Waals surface area contributed by atoms with Crippen molar-refractivity contribution in [1.29, 1.82) is 0 Å². The van der Waals surface area contributed by atoms with Crippen LogP contribution >= 0.6 is 11.3 Å². The highest BCUT2D eigenvalue weighted by Crippen LogP contribution is 2.23. The van der Waals surface area contributed by atoms with Crippen molar-refractivity contribution in [2.45, 2.75) is 26.3 Å². The number of hydrogen-bond acceptors (Lipinski definition) is 5. The zero-order valence-electron chi connectivity index (χ0n) is 13.7. The lowest BCUT2D eigenvalue weighted by Gasteiger charge is -2.31. The fourth-order valence-corrected chi connectivity index (χ4v) is 3.67. The third-order valence-corrected chi connectivity index (χ3v) is 5.22. The average molecular weight is 343 g/mol. The highest BCUT2D eigenvalue weighted by atomic mass is 32.1. The molecule has 1 aromatic carbocycles. The summed E-state index contributed by atoms with van der Waals surface area (Å²) >= 11 is 1.23. The lowest BCUT2D eigenvalue weighted by Crippen LogP contribution is -2.40. The number of carbonyl (C=O) groups is 2. The van der Waals surface area contributed by atoms with Crippen molar-refractivity contribution in [2.75, 3.05) is 18.4 Å². The Morgan fingerprint density at radius 3 is 2.83 bits per heavy atom. The Morgan fingerprint density at radius 1 is 1.33 bits per heavy atom. The highest BCUT2D eigenvalue weighted by Gasteiger charge is 2.26. The predicted octanol–water partition coefficient (Wildman–Crippen LogP) is 3.20. The molecule has 0 aliphatic carbocycles. The van der Waals surface area contributed by atoms with Gasteiger partial charge < -0.3 is 5.32 Å². The Bertz CT molecular complexity index is 714. The largest absolute Gasteiger partial charge is 0.302 e. The van der Waals surface area contributed by atoms with Gasteiger partial charge in [-0.2, -0.15) is 0 Å². The summed E-state index contributed by atoms with van der Waals surface area (Å²) in [6, 6.07) is 10.3. The van der Waals surface area contributed by atoms with Crippen LogP contribution in [0.1, 0.15) is 35.0 Å². The molecule has 3 rings (SSSR count). The van der Waals surface area contributed by atoms with E-state index in [4.69, 9.17) is 0 Å². The molecule has 1 atom stereocenters. The summed E-state index contributed by atoms with van der Waals surface area (Å²) in [5, 5.41) is 3.37. The fourth-order valence-electron chi connectivity index (χ4n) is 2.96. The molecule has 2 heterocycles. The lowest BCUT2D eigenvalue weighted by atomic mass is 9.97. The molecule has 1 aliphatic rings. The molecule has 0 saturated carbocycles. The molecule has 6 heteroatoms. The van der Waals surface area contributed by atoms with Crippen LogP contribution in [0.5, 0.6) is 0 Å². The molecule has 0 radical (unpaired) electrons. The van der Waals surface area contributed by atoms with Crippen LogP contribution in [-0.2, 0) is 11.3 Å². The molecule has 1 saturated heterocycles. The Labute approximate surface area is 145 Å². The van der Waals surface area contributed by atoms with Crippen LogP contribution in [0.4, 0.5) is 5.13 Å². The number of hydrogen-bond donors (Lipinski definition) is 1. The van der Waals surface area contributed by atoms with Crippen LogP contribution in [0.2, 0.25) is 0 Å². The molecule has 1 aliphatic heterocycles. The Morgan fingerprint density at radius 2 is 2.12 bits per heavy atom. The number of ketones is 1. The van der Waals surface area contributed by atoms with E-state index in [2.05, 4.69) is 27.3 Å². The van der Waals surface area contributed by atoms with E-state index < -0.39 is 0 Å². The third-order valence-electron chi connectivity index (χ3n) is 4.21. The van der Waals surface area contributed by atoms with Crippen LogP contribution in [0.3, 0.4) is 0 Å². The van der Waals surface area contributed by atoms with Crippen molar-refractivity contribution in [2.24, 2.45) is 5.92 Å². The van der Waals surface area contributed by atoms with Crippen LogP contribution in [0, 0.1) is 5.92 Å². The van der Waals surface area contributed by atoms with Gasteiger partial charge in [0.2, 0.25) is 5.91 Å². The van der Waals surface area contributed by atoms with Crippen LogP contribution in [0.25, 0.3) is 0 Å². The van der Waals surface area contributed by atoms with Gasteiger partial charge >= 0.3 is 0 Å². The van der Waals surface area contributed by atoms with Gasteiger partial charge in [-0.15, -0.1) is 0 Å². The first kappa shape index (κ1) is 16.8. The van der Waals surface area contributed by atoms with Gasteiger partial charge in [-0.3, -0.25) is 14.5 Å². The predicted molar refractivity (Wildman–Crippen MR) is 95.2 cm³/mol. The molecule has 1 amide bonds. The van der Waals surface area contributed by atoms with Gasteiger partial charge in [-0.25, -0.2) is 4.98 Å². The summed E-state index contributed by atoms with van der Waals surface area (Å²) in [7, 11) is 0. The number of anilines is 1. The van der Waals surface area contributed by atoms with Crippen LogP contribution < -0.4 is 5.32 Å². The Hall–Kier alpha value is -2.05. The van der Waals surface area contributed by atoms with Crippen molar-refractivity contribution in [3.63, 3.8) is 0 Å². The number of carbonyl (C=O) groups excluding carboxylic acids is 2. The minimum absolute atomic E-state index is 0.00258. The van der Waals surface area contributed by atoms with E-state index in [9.17, 15) is 9.59 Å². The number of amides is 1. The Kier molecular flexibility index (Phi) is 5.37. The van der Waals surface area contributed by atoms with Gasteiger partial charge in [-0.05, 0) is 24.9 Å². The van der Waals surface area contributed by atoms with Gasteiger partial charge in [0.1, 0.15) is 0 Å². The highest BCUT2D eigenvalue weighted by molar-refractivity contribution is 7.17. The standard InChI is InChI=1S/C18H21N3O2S/c1-13(22)16-10-19-18(24-16)20-17(23)15-8-5-9-21(12-15)11-14-6-3-2-4-7-14/h2-4,6-7,10,15H,5,8-9,11-12H2,1H3,(H,19,20,23)/t15-/m1/s1. The van der Waals surface area contributed by atoms with Crippen LogP contribution in [0.15, 0.2) is 36.5 Å². The van der Waals surface area contributed by atoms with Crippen molar-refractivity contribution in [1.82, 2.24) is 9.88 Å². The maximum Gasteiger partial charge on any atom is 0.230 e. The molecule has 126 valence electrons. The monoisotopic (exact) mass is 343 g/mol. The number of aromatic nitrogens is 1. The maximum absolute atomic E-state index is 12.5. The second-order valence-corrected chi connectivity index (χ2v) is 7.17. The van der Waals surface area contributed by atoms with E-state index in [0.29, 0.717) is 10.0 Å². The molecule has 0 unspecified atom stereocenters. The zero-order chi connectivity index (χ0) is 16.9. The number of thiazole rings is 1. The number of Topliss-reactive ketones (excluding diaryl/α,β-unsaturated/α-hetero) is 1. The zero-order valence-corrected chi connectivity index (χ0v) is 14.5. The smallest absolute Gasteiger partial charge is 0.230 e. The number of likely N-dealkylation sites (tertiary alicyclic amines) is 1. The molecule has 0 bridgehead atoms. The molecule has 1 fully saturated rings. The fraction of sp³-hybridized carbons (Fsp3) is 0.389. The second-order valence-electron chi connectivity index (χ2n) is 6.13.